The topological polar surface area (TPSA) is 33.0 Å². The van der Waals surface area contributed by atoms with Crippen LogP contribution in [0.1, 0.15) is 23.1 Å². The van der Waals surface area contributed by atoms with E-state index in [2.05, 4.69) is 42.5 Å². The normalized spacial score (nSPS) is 11.0. The van der Waals surface area contributed by atoms with Crippen molar-refractivity contribution in [2.75, 3.05) is 6.61 Å². The Bertz CT molecular complexity index is 695. The minimum Gasteiger partial charge on any atom is -0.360 e. The monoisotopic (exact) mass is 313 g/mol. The number of nitrogens with zero attached hydrogens (tertiary/aromatic N) is 1. The Morgan fingerprint density at radius 3 is 1.38 bits per heavy atom. The molecule has 3 rings (SSSR count). The molecule has 0 N–H and O–H groups in total. The Labute approximate surface area is 143 Å². The Morgan fingerprint density at radius 1 is 0.667 bits per heavy atom. The largest absolute Gasteiger partial charge is 0.360 e. The molecule has 2 nitrogen and oxygen atoms in total. The van der Waals surface area contributed by atoms with Gasteiger partial charge < -0.3 is 4.74 Å². The second-order valence-electron chi connectivity index (χ2n) is 5.54. The third-order valence-corrected chi connectivity index (χ3v) is 4.07. The van der Waals surface area contributed by atoms with Gasteiger partial charge in [0, 0.05) is 0 Å². The Balaban J connectivity index is 2.22. The van der Waals surface area contributed by atoms with E-state index >= 15 is 0 Å². The van der Waals surface area contributed by atoms with Gasteiger partial charge in [-0.2, -0.15) is 5.26 Å². The van der Waals surface area contributed by atoms with Crippen molar-refractivity contribution in [3.05, 3.63) is 108 Å². The summed E-state index contributed by atoms with van der Waals surface area (Å²) in [4.78, 5) is 0. The van der Waals surface area contributed by atoms with Gasteiger partial charge in [0.05, 0.1) is 19.1 Å². The first-order valence-electron chi connectivity index (χ1n) is 8.05. The van der Waals surface area contributed by atoms with Crippen LogP contribution in [0, 0.1) is 11.3 Å². The maximum atomic E-state index is 8.94. The maximum absolute atomic E-state index is 8.94. The van der Waals surface area contributed by atoms with E-state index in [0.717, 1.165) is 16.7 Å². The van der Waals surface area contributed by atoms with Gasteiger partial charge in [-0.3, -0.25) is 0 Å². The summed E-state index contributed by atoms with van der Waals surface area (Å²) in [7, 11) is 0. The summed E-state index contributed by atoms with van der Waals surface area (Å²) >= 11 is 0. The molecule has 0 aliphatic heterocycles. The van der Waals surface area contributed by atoms with Crippen LogP contribution in [-0.4, -0.2) is 6.61 Å². The van der Waals surface area contributed by atoms with Crippen molar-refractivity contribution in [3.63, 3.8) is 0 Å². The van der Waals surface area contributed by atoms with Crippen LogP contribution in [0.15, 0.2) is 91.0 Å². The number of nitriles is 1. The third kappa shape index (κ3) is 3.08. The first-order chi connectivity index (χ1) is 11.9. The van der Waals surface area contributed by atoms with E-state index in [0.29, 0.717) is 13.0 Å². The van der Waals surface area contributed by atoms with Gasteiger partial charge in [0.2, 0.25) is 0 Å². The van der Waals surface area contributed by atoms with Crippen LogP contribution in [0.5, 0.6) is 0 Å². The standard InChI is InChI=1S/C22H19NO/c23-17-10-18-24-22(19-11-4-1-5-12-19,20-13-6-2-7-14-20)21-15-8-3-9-16-21/h1-9,11-16H,10,18H2. The van der Waals surface area contributed by atoms with Crippen molar-refractivity contribution in [2.24, 2.45) is 0 Å². The van der Waals surface area contributed by atoms with Crippen LogP contribution in [-0.2, 0) is 10.3 Å². The summed E-state index contributed by atoms with van der Waals surface area (Å²) in [6.45, 7) is 0.370. The quantitative estimate of drug-likeness (QED) is 0.478. The molecule has 0 radical (unpaired) electrons. The molecule has 0 fully saturated rings. The van der Waals surface area contributed by atoms with Crippen molar-refractivity contribution < 1.29 is 4.74 Å². The maximum Gasteiger partial charge on any atom is 0.143 e. The number of hydrogen-bond acceptors (Lipinski definition) is 2. The highest BCUT2D eigenvalue weighted by Crippen LogP contribution is 2.40. The second kappa shape index (κ2) is 7.59. The molecular weight excluding hydrogens is 294 g/mol. The molecule has 0 bridgehead atoms. The lowest BCUT2D eigenvalue weighted by Gasteiger charge is -2.35. The van der Waals surface area contributed by atoms with E-state index in [1.165, 1.54) is 0 Å². The van der Waals surface area contributed by atoms with Crippen molar-refractivity contribution in [3.8, 4) is 6.07 Å². The smallest absolute Gasteiger partial charge is 0.143 e. The number of hydrogen-bond donors (Lipinski definition) is 0. The highest BCUT2D eigenvalue weighted by atomic mass is 16.5. The van der Waals surface area contributed by atoms with Crippen LogP contribution in [0.25, 0.3) is 0 Å². The summed E-state index contributed by atoms with van der Waals surface area (Å²) in [5.74, 6) is 0. The molecule has 118 valence electrons. The fourth-order valence-electron chi connectivity index (χ4n) is 3.02. The van der Waals surface area contributed by atoms with Gasteiger partial charge in [-0.1, -0.05) is 91.0 Å². The molecule has 0 saturated heterocycles. The molecule has 0 spiro atoms. The number of benzene rings is 3. The van der Waals surface area contributed by atoms with E-state index < -0.39 is 5.60 Å². The fraction of sp³-hybridized carbons (Fsp3) is 0.136. The lowest BCUT2D eigenvalue weighted by Crippen LogP contribution is -2.33. The van der Waals surface area contributed by atoms with E-state index in [9.17, 15) is 0 Å². The lowest BCUT2D eigenvalue weighted by atomic mass is 9.80. The van der Waals surface area contributed by atoms with Crippen molar-refractivity contribution in [1.29, 1.82) is 5.26 Å². The molecule has 0 atom stereocenters. The summed E-state index contributed by atoms with van der Waals surface area (Å²) in [5.41, 5.74) is 2.45. The average Bonchev–Trinajstić information content (AvgIpc) is 2.68. The first kappa shape index (κ1) is 16.0. The zero-order valence-corrected chi connectivity index (χ0v) is 13.4. The Hall–Kier alpha value is -2.89. The third-order valence-electron chi connectivity index (χ3n) is 4.07. The fourth-order valence-corrected chi connectivity index (χ4v) is 3.02. The minimum absolute atomic E-state index is 0.355. The molecule has 0 heterocycles. The summed E-state index contributed by atoms with van der Waals surface area (Å²) in [6.07, 6.45) is 0.355. The summed E-state index contributed by atoms with van der Waals surface area (Å²) < 4.78 is 6.41. The molecule has 0 aliphatic rings. The van der Waals surface area contributed by atoms with E-state index in [1.54, 1.807) is 0 Å². The van der Waals surface area contributed by atoms with E-state index in [4.69, 9.17) is 10.00 Å². The molecule has 3 aromatic rings. The predicted octanol–water partition coefficient (Wildman–Crippen LogP) is 4.91. The van der Waals surface area contributed by atoms with Gasteiger partial charge in [0.15, 0.2) is 0 Å². The second-order valence-corrected chi connectivity index (χ2v) is 5.54. The molecule has 3 aromatic carbocycles. The van der Waals surface area contributed by atoms with Crippen LogP contribution in [0.2, 0.25) is 0 Å². The SMILES string of the molecule is N#CCCOC(c1ccccc1)(c1ccccc1)c1ccccc1. The van der Waals surface area contributed by atoms with E-state index in [1.807, 2.05) is 54.6 Å². The predicted molar refractivity (Wildman–Crippen MR) is 95.4 cm³/mol. The zero-order valence-electron chi connectivity index (χ0n) is 13.4. The van der Waals surface area contributed by atoms with Gasteiger partial charge in [0.25, 0.3) is 0 Å². The molecule has 0 amide bonds. The zero-order chi connectivity index (χ0) is 16.7. The van der Waals surface area contributed by atoms with Crippen LogP contribution < -0.4 is 0 Å². The average molecular weight is 313 g/mol. The highest BCUT2D eigenvalue weighted by molar-refractivity contribution is 5.47. The minimum atomic E-state index is -0.722. The number of ether oxygens (including phenoxy) is 1. The Kier molecular flexibility index (Phi) is 5.05. The molecule has 0 aliphatic carbocycles. The van der Waals surface area contributed by atoms with Gasteiger partial charge in [0.1, 0.15) is 5.60 Å². The lowest BCUT2D eigenvalue weighted by molar-refractivity contribution is 0.0163. The molecular formula is C22H19NO. The van der Waals surface area contributed by atoms with Gasteiger partial charge in [-0.15, -0.1) is 0 Å². The van der Waals surface area contributed by atoms with Crippen LogP contribution >= 0.6 is 0 Å². The number of rotatable bonds is 6. The molecule has 0 aromatic heterocycles. The van der Waals surface area contributed by atoms with E-state index in [-0.39, 0.29) is 0 Å². The molecule has 0 unspecified atom stereocenters. The van der Waals surface area contributed by atoms with Crippen molar-refractivity contribution in [1.82, 2.24) is 0 Å². The van der Waals surface area contributed by atoms with Crippen LogP contribution in [0.3, 0.4) is 0 Å². The van der Waals surface area contributed by atoms with Crippen LogP contribution in [0.4, 0.5) is 0 Å². The summed E-state index contributed by atoms with van der Waals surface area (Å²) in [6, 6.07) is 32.7. The summed E-state index contributed by atoms with van der Waals surface area (Å²) in [5, 5.41) is 8.94. The molecule has 24 heavy (non-hydrogen) atoms. The molecule has 2 heteroatoms. The van der Waals surface area contributed by atoms with Gasteiger partial charge in [-0.05, 0) is 16.7 Å². The van der Waals surface area contributed by atoms with Gasteiger partial charge in [-0.25, -0.2) is 0 Å². The van der Waals surface area contributed by atoms with Crippen molar-refractivity contribution >= 4 is 0 Å². The highest BCUT2D eigenvalue weighted by Gasteiger charge is 2.37. The van der Waals surface area contributed by atoms with Crippen molar-refractivity contribution in [2.45, 2.75) is 12.0 Å². The first-order valence-corrected chi connectivity index (χ1v) is 8.05. The Morgan fingerprint density at radius 2 is 1.04 bits per heavy atom. The van der Waals surface area contributed by atoms with Gasteiger partial charge >= 0.3 is 0 Å². The molecule has 0 saturated carbocycles.